The molecule has 4 nitrogen and oxygen atoms in total. The Bertz CT molecular complexity index is 1300. The van der Waals surface area contributed by atoms with Gasteiger partial charge in [0.2, 0.25) is 0 Å². The number of nitrogens with zero attached hydrogens (tertiary/aromatic N) is 2. The van der Waals surface area contributed by atoms with E-state index in [1.807, 2.05) is 64.1 Å². The molecule has 1 heterocycles. The standard InChI is InChI=1S/C26H23ClN2O2S/c1-15-5-7-17(3)21(11-15)28-26-29(22-12-16(2)6-8-18(22)4)25(31)24(32-26)14-19-9-10-23(30)20(27)13-19/h5-14,30H,1-4H3/b24-14+,28-26?. The second kappa shape index (κ2) is 8.85. The minimum atomic E-state index is -0.142. The maximum Gasteiger partial charge on any atom is 0.271 e. The molecule has 3 aromatic rings. The van der Waals surface area contributed by atoms with Gasteiger partial charge in [0, 0.05) is 0 Å². The van der Waals surface area contributed by atoms with Crippen LogP contribution in [-0.4, -0.2) is 16.2 Å². The summed E-state index contributed by atoms with van der Waals surface area (Å²) in [6.07, 6.45) is 1.78. The lowest BCUT2D eigenvalue weighted by atomic mass is 10.1. The van der Waals surface area contributed by atoms with Gasteiger partial charge in [0.05, 0.1) is 21.3 Å². The van der Waals surface area contributed by atoms with E-state index in [2.05, 4.69) is 0 Å². The summed E-state index contributed by atoms with van der Waals surface area (Å²) in [5, 5.41) is 10.6. The van der Waals surface area contributed by atoms with E-state index in [1.165, 1.54) is 17.8 Å². The topological polar surface area (TPSA) is 52.9 Å². The number of phenolic OH excluding ortho intramolecular Hbond substituents is 1. The number of thioether (sulfide) groups is 1. The summed E-state index contributed by atoms with van der Waals surface area (Å²) >= 11 is 7.39. The molecule has 6 heteroatoms. The fourth-order valence-corrected chi connectivity index (χ4v) is 4.60. The number of hydrogen-bond donors (Lipinski definition) is 1. The van der Waals surface area contributed by atoms with Gasteiger partial charge >= 0.3 is 0 Å². The highest BCUT2D eigenvalue weighted by Crippen LogP contribution is 2.39. The maximum absolute atomic E-state index is 13.6. The predicted molar refractivity (Wildman–Crippen MR) is 135 cm³/mol. The van der Waals surface area contributed by atoms with Gasteiger partial charge in [-0.15, -0.1) is 0 Å². The SMILES string of the molecule is Cc1ccc(C)c(N=C2S/C(=C/c3ccc(O)c(Cl)c3)C(=O)N2c2cc(C)ccc2C)c1. The Kier molecular flexibility index (Phi) is 6.13. The van der Waals surface area contributed by atoms with E-state index in [0.29, 0.717) is 10.1 Å². The third-order valence-corrected chi connectivity index (χ3v) is 6.53. The van der Waals surface area contributed by atoms with Crippen molar-refractivity contribution in [1.82, 2.24) is 0 Å². The monoisotopic (exact) mass is 462 g/mol. The van der Waals surface area contributed by atoms with Crippen molar-refractivity contribution in [2.75, 3.05) is 4.90 Å². The molecule has 0 aliphatic carbocycles. The van der Waals surface area contributed by atoms with E-state index in [0.717, 1.165) is 39.2 Å². The van der Waals surface area contributed by atoms with Gasteiger partial charge in [-0.25, -0.2) is 4.99 Å². The average molecular weight is 463 g/mol. The first-order valence-electron chi connectivity index (χ1n) is 10.2. The predicted octanol–water partition coefficient (Wildman–Crippen LogP) is 7.09. The molecule has 1 N–H and O–H groups in total. The summed E-state index contributed by atoms with van der Waals surface area (Å²) in [5.41, 5.74) is 6.60. The molecule has 1 saturated heterocycles. The second-order valence-corrected chi connectivity index (χ2v) is 9.35. The van der Waals surface area contributed by atoms with Crippen molar-refractivity contribution in [1.29, 1.82) is 0 Å². The summed E-state index contributed by atoms with van der Waals surface area (Å²) < 4.78 is 0. The molecular weight excluding hydrogens is 440 g/mol. The van der Waals surface area contributed by atoms with Gasteiger partial charge in [-0.1, -0.05) is 41.9 Å². The van der Waals surface area contributed by atoms with E-state index in [4.69, 9.17) is 16.6 Å². The lowest BCUT2D eigenvalue weighted by Gasteiger charge is -2.19. The van der Waals surface area contributed by atoms with Gasteiger partial charge in [-0.3, -0.25) is 9.69 Å². The smallest absolute Gasteiger partial charge is 0.271 e. The number of amidine groups is 1. The van der Waals surface area contributed by atoms with E-state index in [1.54, 1.807) is 23.1 Å². The number of aliphatic imine (C=N–C) groups is 1. The number of hydrogen-bond acceptors (Lipinski definition) is 4. The van der Waals surface area contributed by atoms with Gasteiger partial charge in [-0.2, -0.15) is 0 Å². The van der Waals surface area contributed by atoms with Crippen LogP contribution in [0.5, 0.6) is 5.75 Å². The van der Waals surface area contributed by atoms with Crippen LogP contribution in [0.3, 0.4) is 0 Å². The highest BCUT2D eigenvalue weighted by Gasteiger charge is 2.35. The molecule has 0 atom stereocenters. The molecular formula is C26H23ClN2O2S. The molecule has 1 fully saturated rings. The number of benzene rings is 3. The number of carbonyl (C=O) groups excluding carboxylic acids is 1. The van der Waals surface area contributed by atoms with Gasteiger partial charge in [0.1, 0.15) is 5.75 Å². The molecule has 1 aliphatic heterocycles. The molecule has 0 bridgehead atoms. The minimum Gasteiger partial charge on any atom is -0.506 e. The number of aryl methyl sites for hydroxylation is 4. The van der Waals surface area contributed by atoms with Crippen molar-refractivity contribution in [2.45, 2.75) is 27.7 Å². The fourth-order valence-electron chi connectivity index (χ4n) is 3.43. The molecule has 0 spiro atoms. The quantitative estimate of drug-likeness (QED) is 0.423. The molecule has 1 amide bonds. The van der Waals surface area contributed by atoms with Crippen molar-refractivity contribution in [2.24, 2.45) is 4.99 Å². The first-order chi connectivity index (χ1) is 15.2. The van der Waals surface area contributed by atoms with Crippen LogP contribution in [0, 0.1) is 27.7 Å². The van der Waals surface area contributed by atoms with E-state index < -0.39 is 0 Å². The zero-order chi connectivity index (χ0) is 23.0. The zero-order valence-electron chi connectivity index (χ0n) is 18.3. The van der Waals surface area contributed by atoms with Crippen LogP contribution in [0.25, 0.3) is 6.08 Å². The number of halogens is 1. The minimum absolute atomic E-state index is 0.00778. The lowest BCUT2D eigenvalue weighted by molar-refractivity contribution is -0.113. The molecule has 4 rings (SSSR count). The van der Waals surface area contributed by atoms with Crippen molar-refractivity contribution in [3.63, 3.8) is 0 Å². The maximum atomic E-state index is 13.6. The summed E-state index contributed by atoms with van der Waals surface area (Å²) in [7, 11) is 0. The van der Waals surface area contributed by atoms with Crippen LogP contribution in [0.15, 0.2) is 64.5 Å². The second-order valence-electron chi connectivity index (χ2n) is 7.94. The summed E-state index contributed by atoms with van der Waals surface area (Å²) in [4.78, 5) is 20.7. The first-order valence-corrected chi connectivity index (χ1v) is 11.4. The average Bonchev–Trinajstić information content (AvgIpc) is 3.04. The number of anilines is 1. The molecule has 0 saturated carbocycles. The summed E-state index contributed by atoms with van der Waals surface area (Å²) in [6.45, 7) is 8.03. The van der Waals surface area contributed by atoms with Crippen LogP contribution >= 0.6 is 23.4 Å². The highest BCUT2D eigenvalue weighted by atomic mass is 35.5. The van der Waals surface area contributed by atoms with Crippen LogP contribution in [0.4, 0.5) is 11.4 Å². The van der Waals surface area contributed by atoms with Crippen molar-refractivity contribution >= 4 is 51.9 Å². The number of rotatable bonds is 3. The van der Waals surface area contributed by atoms with Gasteiger partial charge in [0.15, 0.2) is 5.17 Å². The first kappa shape index (κ1) is 22.2. The Hall–Kier alpha value is -3.02. The van der Waals surface area contributed by atoms with Gasteiger partial charge in [0.25, 0.3) is 5.91 Å². The van der Waals surface area contributed by atoms with E-state index in [-0.39, 0.29) is 16.7 Å². The van der Waals surface area contributed by atoms with E-state index in [9.17, 15) is 9.90 Å². The summed E-state index contributed by atoms with van der Waals surface area (Å²) in [6, 6.07) is 17.0. The Morgan fingerprint density at radius 2 is 1.62 bits per heavy atom. The largest absolute Gasteiger partial charge is 0.506 e. The molecule has 1 aliphatic rings. The lowest BCUT2D eigenvalue weighted by Crippen LogP contribution is -2.29. The Morgan fingerprint density at radius 3 is 2.34 bits per heavy atom. The van der Waals surface area contributed by atoms with E-state index >= 15 is 0 Å². The van der Waals surface area contributed by atoms with Crippen LogP contribution in [0.2, 0.25) is 5.02 Å². The molecule has 3 aromatic carbocycles. The normalized spacial score (nSPS) is 16.4. The van der Waals surface area contributed by atoms with Crippen molar-refractivity contribution in [3.05, 3.63) is 92.3 Å². The highest BCUT2D eigenvalue weighted by molar-refractivity contribution is 8.19. The molecule has 0 radical (unpaired) electrons. The summed E-state index contributed by atoms with van der Waals surface area (Å²) in [5.74, 6) is -0.134. The molecule has 32 heavy (non-hydrogen) atoms. The Balaban J connectivity index is 1.85. The fraction of sp³-hybridized carbons (Fsp3) is 0.154. The van der Waals surface area contributed by atoms with Gasteiger partial charge in [-0.05, 0) is 97.6 Å². The number of aromatic hydroxyl groups is 1. The van der Waals surface area contributed by atoms with Crippen LogP contribution in [-0.2, 0) is 4.79 Å². The van der Waals surface area contributed by atoms with Gasteiger partial charge < -0.3 is 5.11 Å². The van der Waals surface area contributed by atoms with Crippen molar-refractivity contribution < 1.29 is 9.90 Å². The number of phenols is 1. The Morgan fingerprint density at radius 1 is 0.938 bits per heavy atom. The number of amides is 1. The third-order valence-electron chi connectivity index (χ3n) is 5.26. The zero-order valence-corrected chi connectivity index (χ0v) is 19.9. The Labute approximate surface area is 197 Å². The third kappa shape index (κ3) is 4.45. The molecule has 162 valence electrons. The van der Waals surface area contributed by atoms with Crippen molar-refractivity contribution in [3.8, 4) is 5.75 Å². The number of carbonyl (C=O) groups is 1. The van der Waals surface area contributed by atoms with Crippen LogP contribution < -0.4 is 4.90 Å². The molecule has 0 aromatic heterocycles. The molecule has 0 unspecified atom stereocenters. The van der Waals surface area contributed by atoms with Crippen LogP contribution in [0.1, 0.15) is 27.8 Å².